The topological polar surface area (TPSA) is 53.5 Å². The molecule has 3 heterocycles. The second kappa shape index (κ2) is 8.36. The minimum Gasteiger partial charge on any atom is -0.355 e. The van der Waals surface area contributed by atoms with Crippen molar-refractivity contribution in [1.29, 1.82) is 0 Å². The Labute approximate surface area is 168 Å². The summed E-state index contributed by atoms with van der Waals surface area (Å²) in [4.78, 5) is 5.83. The van der Waals surface area contributed by atoms with E-state index in [9.17, 15) is 21.6 Å². The van der Waals surface area contributed by atoms with Crippen LogP contribution in [0.4, 0.5) is 19.0 Å². The number of piperidine rings is 1. The maximum absolute atomic E-state index is 12.8. The van der Waals surface area contributed by atoms with Crippen molar-refractivity contribution in [2.24, 2.45) is 5.92 Å². The third-order valence-electron chi connectivity index (χ3n) is 5.71. The van der Waals surface area contributed by atoms with Gasteiger partial charge in [0.1, 0.15) is 5.82 Å². The summed E-state index contributed by atoms with van der Waals surface area (Å²) >= 11 is 6.07. The van der Waals surface area contributed by atoms with Crippen LogP contribution < -0.4 is 4.90 Å². The van der Waals surface area contributed by atoms with Gasteiger partial charge in [-0.15, -0.1) is 0 Å². The molecule has 1 unspecified atom stereocenters. The van der Waals surface area contributed by atoms with Crippen LogP contribution in [-0.2, 0) is 16.2 Å². The first-order valence-corrected chi connectivity index (χ1v) is 11.7. The number of rotatable bonds is 3. The Morgan fingerprint density at radius 3 is 2.36 bits per heavy atom. The van der Waals surface area contributed by atoms with Gasteiger partial charge in [0.15, 0.2) is 0 Å². The van der Waals surface area contributed by atoms with Crippen LogP contribution in [0.5, 0.6) is 0 Å². The van der Waals surface area contributed by atoms with Crippen molar-refractivity contribution in [3.8, 4) is 0 Å². The van der Waals surface area contributed by atoms with E-state index in [1.54, 1.807) is 4.31 Å². The maximum Gasteiger partial charge on any atom is 0.417 e. The van der Waals surface area contributed by atoms with Crippen molar-refractivity contribution in [2.75, 3.05) is 30.8 Å². The Kier molecular flexibility index (Phi) is 6.46. The molecule has 0 amide bonds. The van der Waals surface area contributed by atoms with Crippen molar-refractivity contribution in [1.82, 2.24) is 9.29 Å². The van der Waals surface area contributed by atoms with Crippen molar-refractivity contribution < 1.29 is 21.6 Å². The SMILES string of the molecule is CS(=O)(=O)N1CCCCCC1C1CCN(c2ncc(C(F)(F)F)cc2Cl)CC1. The van der Waals surface area contributed by atoms with Crippen LogP contribution in [0.1, 0.15) is 44.1 Å². The number of hydrogen-bond acceptors (Lipinski definition) is 4. The van der Waals surface area contributed by atoms with Gasteiger partial charge in [0.2, 0.25) is 10.0 Å². The number of alkyl halides is 3. The molecule has 1 aromatic heterocycles. The van der Waals surface area contributed by atoms with E-state index in [4.69, 9.17) is 11.6 Å². The molecular weight excluding hydrogens is 415 g/mol. The van der Waals surface area contributed by atoms with Gasteiger partial charge in [-0.05, 0) is 37.7 Å². The number of halogens is 4. The van der Waals surface area contributed by atoms with Gasteiger partial charge in [0.05, 0.1) is 16.8 Å². The zero-order valence-corrected chi connectivity index (χ0v) is 17.3. The van der Waals surface area contributed by atoms with Crippen LogP contribution in [0.3, 0.4) is 0 Å². The average molecular weight is 440 g/mol. The molecule has 0 N–H and O–H groups in total. The van der Waals surface area contributed by atoms with Gasteiger partial charge >= 0.3 is 6.18 Å². The van der Waals surface area contributed by atoms with E-state index in [1.165, 1.54) is 6.26 Å². The van der Waals surface area contributed by atoms with Gasteiger partial charge < -0.3 is 4.90 Å². The summed E-state index contributed by atoms with van der Waals surface area (Å²) in [6.07, 6.45) is 2.92. The second-order valence-electron chi connectivity index (χ2n) is 7.64. The standard InChI is InChI=1S/C18H25ClF3N3O2S/c1-28(26,27)25-8-4-2-3-5-16(25)13-6-9-24(10-7-13)17-15(19)11-14(12-23-17)18(20,21)22/h11-13,16H,2-10H2,1H3. The summed E-state index contributed by atoms with van der Waals surface area (Å²) in [5.41, 5.74) is -0.863. The highest BCUT2D eigenvalue weighted by molar-refractivity contribution is 7.88. The van der Waals surface area contributed by atoms with Crippen molar-refractivity contribution in [3.63, 3.8) is 0 Å². The van der Waals surface area contributed by atoms with Gasteiger partial charge in [-0.3, -0.25) is 0 Å². The van der Waals surface area contributed by atoms with Crippen LogP contribution in [0, 0.1) is 5.92 Å². The van der Waals surface area contributed by atoms with E-state index in [0.717, 1.165) is 50.8 Å². The summed E-state index contributed by atoms with van der Waals surface area (Å²) in [6.45, 7) is 1.75. The Balaban J connectivity index is 1.70. The van der Waals surface area contributed by atoms with Crippen LogP contribution >= 0.6 is 11.6 Å². The fourth-order valence-corrected chi connectivity index (χ4v) is 5.82. The molecule has 5 nitrogen and oxygen atoms in total. The third kappa shape index (κ3) is 4.91. The highest BCUT2D eigenvalue weighted by Gasteiger charge is 2.36. The minimum absolute atomic E-state index is 0.00399. The largest absolute Gasteiger partial charge is 0.417 e. The predicted molar refractivity (Wildman–Crippen MR) is 103 cm³/mol. The Bertz CT molecular complexity index is 796. The number of aromatic nitrogens is 1. The van der Waals surface area contributed by atoms with Gasteiger partial charge in [-0.1, -0.05) is 24.4 Å². The summed E-state index contributed by atoms with van der Waals surface area (Å²) in [6, 6.07) is 0.905. The summed E-state index contributed by atoms with van der Waals surface area (Å²) in [5, 5.41) is -0.0134. The Morgan fingerprint density at radius 1 is 1.11 bits per heavy atom. The molecule has 3 rings (SSSR count). The molecule has 0 saturated carbocycles. The molecular formula is C18H25ClF3N3O2S. The van der Waals surface area contributed by atoms with E-state index in [2.05, 4.69) is 4.98 Å². The summed E-state index contributed by atoms with van der Waals surface area (Å²) in [5.74, 6) is 0.589. The molecule has 0 aliphatic carbocycles. The molecule has 2 aliphatic heterocycles. The average Bonchev–Trinajstić information content (AvgIpc) is 2.87. The van der Waals surface area contributed by atoms with Crippen molar-refractivity contribution in [2.45, 2.75) is 50.7 Å². The third-order valence-corrected chi connectivity index (χ3v) is 7.29. The molecule has 158 valence electrons. The van der Waals surface area contributed by atoms with E-state index in [0.29, 0.717) is 25.5 Å². The first-order valence-electron chi connectivity index (χ1n) is 9.52. The fourth-order valence-electron chi connectivity index (χ4n) is 4.30. The molecule has 10 heteroatoms. The zero-order chi connectivity index (χ0) is 20.5. The quantitative estimate of drug-likeness (QED) is 0.709. The Hall–Kier alpha value is -1.06. The van der Waals surface area contributed by atoms with Crippen LogP contribution in [0.15, 0.2) is 12.3 Å². The molecule has 1 aromatic rings. The summed E-state index contributed by atoms with van der Waals surface area (Å²) in [7, 11) is -3.26. The smallest absolute Gasteiger partial charge is 0.355 e. The monoisotopic (exact) mass is 439 g/mol. The lowest BCUT2D eigenvalue weighted by Crippen LogP contribution is -2.47. The van der Waals surface area contributed by atoms with Gasteiger partial charge in [0, 0.05) is 31.9 Å². The molecule has 2 saturated heterocycles. The van der Waals surface area contributed by atoms with Gasteiger partial charge in [-0.25, -0.2) is 13.4 Å². The number of pyridine rings is 1. The van der Waals surface area contributed by atoms with E-state index >= 15 is 0 Å². The number of sulfonamides is 1. The maximum atomic E-state index is 12.8. The van der Waals surface area contributed by atoms with Crippen LogP contribution in [0.2, 0.25) is 5.02 Å². The lowest BCUT2D eigenvalue weighted by atomic mass is 9.87. The Morgan fingerprint density at radius 2 is 1.79 bits per heavy atom. The minimum atomic E-state index is -4.48. The second-order valence-corrected chi connectivity index (χ2v) is 9.98. The molecule has 0 bridgehead atoms. The van der Waals surface area contributed by atoms with Gasteiger partial charge in [0.25, 0.3) is 0 Å². The lowest BCUT2D eigenvalue weighted by Gasteiger charge is -2.40. The first-order chi connectivity index (χ1) is 13.1. The van der Waals surface area contributed by atoms with E-state index in [1.807, 2.05) is 4.90 Å². The number of nitrogens with zero attached hydrogens (tertiary/aromatic N) is 3. The van der Waals surface area contributed by atoms with Crippen LogP contribution in [0.25, 0.3) is 0 Å². The molecule has 1 atom stereocenters. The first kappa shape index (κ1) is 21.6. The molecule has 2 fully saturated rings. The molecule has 0 radical (unpaired) electrons. The lowest BCUT2D eigenvalue weighted by molar-refractivity contribution is -0.137. The fraction of sp³-hybridized carbons (Fsp3) is 0.722. The molecule has 0 spiro atoms. The number of anilines is 1. The highest BCUT2D eigenvalue weighted by atomic mass is 35.5. The number of hydrogen-bond donors (Lipinski definition) is 0. The van der Waals surface area contributed by atoms with Crippen LogP contribution in [-0.4, -0.2) is 49.6 Å². The predicted octanol–water partition coefficient (Wildman–Crippen LogP) is 4.17. The van der Waals surface area contributed by atoms with E-state index in [-0.39, 0.29) is 17.0 Å². The van der Waals surface area contributed by atoms with Crippen molar-refractivity contribution in [3.05, 3.63) is 22.8 Å². The normalized spacial score (nSPS) is 23.6. The zero-order valence-electron chi connectivity index (χ0n) is 15.8. The van der Waals surface area contributed by atoms with Gasteiger partial charge in [-0.2, -0.15) is 17.5 Å². The molecule has 2 aliphatic rings. The molecule has 0 aromatic carbocycles. The molecule has 28 heavy (non-hydrogen) atoms. The summed E-state index contributed by atoms with van der Waals surface area (Å²) < 4.78 is 64.5. The highest BCUT2D eigenvalue weighted by Crippen LogP contribution is 2.36. The van der Waals surface area contributed by atoms with E-state index < -0.39 is 21.8 Å². The van der Waals surface area contributed by atoms with Crippen molar-refractivity contribution >= 4 is 27.4 Å².